The van der Waals surface area contributed by atoms with Gasteiger partial charge in [-0.05, 0) is 37.3 Å². The van der Waals surface area contributed by atoms with Gasteiger partial charge in [0.25, 0.3) is 11.8 Å². The van der Waals surface area contributed by atoms with Gasteiger partial charge in [0.2, 0.25) is 5.82 Å². The molecule has 6 nitrogen and oxygen atoms in total. The molecule has 0 radical (unpaired) electrons. The van der Waals surface area contributed by atoms with Crippen LogP contribution in [-0.2, 0) is 0 Å². The van der Waals surface area contributed by atoms with Crippen LogP contribution in [-0.4, -0.2) is 45.7 Å². The maximum absolute atomic E-state index is 13.0. The Hall–Kier alpha value is -2.37. The Morgan fingerprint density at radius 1 is 1.31 bits per heavy atom. The number of nitrogens with one attached hydrogen (secondary N) is 1. The zero-order chi connectivity index (χ0) is 18.5. The molecule has 1 N–H and O–H groups in total. The maximum Gasteiger partial charge on any atom is 0.290 e. The number of piperidine rings is 1. The summed E-state index contributed by atoms with van der Waals surface area (Å²) < 4.78 is 1.74. The average molecular weight is 356 g/mol. The van der Waals surface area contributed by atoms with Crippen molar-refractivity contribution < 1.29 is 9.59 Å². The zero-order valence-corrected chi connectivity index (χ0v) is 15.7. The van der Waals surface area contributed by atoms with Gasteiger partial charge in [-0.25, -0.2) is 4.98 Å². The van der Waals surface area contributed by atoms with E-state index in [9.17, 15) is 9.59 Å². The van der Waals surface area contributed by atoms with Crippen molar-refractivity contribution in [3.05, 3.63) is 35.9 Å². The monoisotopic (exact) mass is 356 g/mol. The van der Waals surface area contributed by atoms with E-state index in [1.165, 1.54) is 0 Å². The number of amides is 2. The summed E-state index contributed by atoms with van der Waals surface area (Å²) in [5, 5.41) is 2.93. The number of aromatic nitrogens is 2. The van der Waals surface area contributed by atoms with E-state index in [1.54, 1.807) is 10.6 Å². The van der Waals surface area contributed by atoms with Crippen molar-refractivity contribution in [1.29, 1.82) is 0 Å². The molecule has 1 atom stereocenters. The molecule has 3 rings (SSSR count). The molecule has 1 unspecified atom stereocenters. The first-order valence-corrected chi connectivity index (χ1v) is 9.66. The maximum atomic E-state index is 13.0. The van der Waals surface area contributed by atoms with E-state index in [0.29, 0.717) is 29.5 Å². The highest BCUT2D eigenvalue weighted by atomic mass is 16.2. The second-order valence-electron chi connectivity index (χ2n) is 7.20. The van der Waals surface area contributed by atoms with Crippen molar-refractivity contribution >= 4 is 17.3 Å². The lowest BCUT2D eigenvalue weighted by atomic mass is 10.0. The first-order valence-electron chi connectivity index (χ1n) is 9.66. The van der Waals surface area contributed by atoms with Crippen LogP contribution >= 0.6 is 0 Å². The van der Waals surface area contributed by atoms with Gasteiger partial charge in [0.15, 0.2) is 5.69 Å². The predicted octanol–water partition coefficient (Wildman–Crippen LogP) is 3.13. The molecule has 0 bridgehead atoms. The lowest BCUT2D eigenvalue weighted by molar-refractivity contribution is 0.0670. The number of pyridine rings is 1. The molecule has 1 aliphatic rings. The van der Waals surface area contributed by atoms with Crippen LogP contribution in [0.5, 0.6) is 0 Å². The van der Waals surface area contributed by atoms with Gasteiger partial charge < -0.3 is 10.2 Å². The number of unbranched alkanes of at least 4 members (excludes halogenated alkanes) is 2. The summed E-state index contributed by atoms with van der Waals surface area (Å²) in [7, 11) is 0. The Balaban J connectivity index is 1.85. The summed E-state index contributed by atoms with van der Waals surface area (Å²) in [6.45, 7) is 6.43. The molecule has 2 amide bonds. The molecular formula is C20H28N4O2. The molecule has 0 saturated carbocycles. The van der Waals surface area contributed by atoms with E-state index in [2.05, 4.69) is 24.1 Å². The molecule has 140 valence electrons. The third-order valence-electron chi connectivity index (χ3n) is 4.96. The SMILES string of the molecule is CCCCCNC(=O)c1nc(C(=O)N2CCCC(C)C2)n2ccccc12. The van der Waals surface area contributed by atoms with Gasteiger partial charge >= 0.3 is 0 Å². The second kappa shape index (κ2) is 8.34. The average Bonchev–Trinajstić information content (AvgIpc) is 3.04. The Morgan fingerprint density at radius 3 is 2.92 bits per heavy atom. The topological polar surface area (TPSA) is 66.7 Å². The molecular weight excluding hydrogens is 328 g/mol. The lowest BCUT2D eigenvalue weighted by Crippen LogP contribution is -2.40. The van der Waals surface area contributed by atoms with Crippen molar-refractivity contribution in [3.8, 4) is 0 Å². The van der Waals surface area contributed by atoms with Crippen LogP contribution in [0.1, 0.15) is 67.1 Å². The molecule has 1 fully saturated rings. The van der Waals surface area contributed by atoms with Crippen molar-refractivity contribution in [2.45, 2.75) is 46.0 Å². The third-order valence-corrected chi connectivity index (χ3v) is 4.96. The van der Waals surface area contributed by atoms with Crippen LogP contribution in [0.4, 0.5) is 0 Å². The molecule has 0 aliphatic carbocycles. The first kappa shape index (κ1) is 18.4. The van der Waals surface area contributed by atoms with Crippen LogP contribution in [0.25, 0.3) is 5.52 Å². The number of hydrogen-bond acceptors (Lipinski definition) is 3. The fourth-order valence-electron chi connectivity index (χ4n) is 3.53. The summed E-state index contributed by atoms with van der Waals surface area (Å²) in [5.41, 5.74) is 1.00. The summed E-state index contributed by atoms with van der Waals surface area (Å²) in [4.78, 5) is 31.9. The summed E-state index contributed by atoms with van der Waals surface area (Å²) in [6, 6.07) is 5.55. The number of imidazole rings is 1. The minimum Gasteiger partial charge on any atom is -0.351 e. The highest BCUT2D eigenvalue weighted by molar-refractivity contribution is 6.02. The van der Waals surface area contributed by atoms with Gasteiger partial charge in [0.1, 0.15) is 0 Å². The van der Waals surface area contributed by atoms with E-state index in [4.69, 9.17) is 0 Å². The van der Waals surface area contributed by atoms with Gasteiger partial charge in [-0.2, -0.15) is 0 Å². The van der Waals surface area contributed by atoms with Crippen LogP contribution in [0.3, 0.4) is 0 Å². The number of carbonyl (C=O) groups is 2. The van der Waals surface area contributed by atoms with Crippen LogP contribution in [0, 0.1) is 5.92 Å². The standard InChI is InChI=1S/C20H28N4O2/c1-3-4-6-11-21-19(25)17-16-10-5-7-13-24(16)18(22-17)20(26)23-12-8-9-15(2)14-23/h5,7,10,13,15H,3-4,6,8-9,11-12,14H2,1-2H3,(H,21,25). The van der Waals surface area contributed by atoms with Gasteiger partial charge in [-0.3, -0.25) is 14.0 Å². The minimum absolute atomic E-state index is 0.0946. The largest absolute Gasteiger partial charge is 0.351 e. The molecule has 1 saturated heterocycles. The number of carbonyl (C=O) groups excluding carboxylic acids is 2. The first-order chi connectivity index (χ1) is 12.6. The molecule has 26 heavy (non-hydrogen) atoms. The van der Waals surface area contributed by atoms with Crippen LogP contribution in [0.15, 0.2) is 24.4 Å². The second-order valence-corrected chi connectivity index (χ2v) is 7.20. The van der Waals surface area contributed by atoms with E-state index in [1.807, 2.05) is 23.1 Å². The molecule has 0 aromatic carbocycles. The number of rotatable bonds is 6. The summed E-state index contributed by atoms with van der Waals surface area (Å²) >= 11 is 0. The quantitative estimate of drug-likeness (QED) is 0.809. The number of hydrogen-bond donors (Lipinski definition) is 1. The Labute approximate surface area is 154 Å². The van der Waals surface area contributed by atoms with Crippen molar-refractivity contribution in [2.24, 2.45) is 5.92 Å². The fourth-order valence-corrected chi connectivity index (χ4v) is 3.53. The zero-order valence-electron chi connectivity index (χ0n) is 15.7. The predicted molar refractivity (Wildman–Crippen MR) is 101 cm³/mol. The summed E-state index contributed by atoms with van der Waals surface area (Å²) in [6.07, 6.45) is 7.11. The third kappa shape index (κ3) is 3.89. The van der Waals surface area contributed by atoms with Gasteiger partial charge in [0.05, 0.1) is 5.52 Å². The van der Waals surface area contributed by atoms with E-state index in [-0.39, 0.29) is 11.8 Å². The minimum atomic E-state index is -0.212. The number of fused-ring (bicyclic) bond motifs is 1. The molecule has 2 aromatic heterocycles. The van der Waals surface area contributed by atoms with Gasteiger partial charge in [-0.1, -0.05) is 32.8 Å². The highest BCUT2D eigenvalue weighted by Gasteiger charge is 2.27. The number of likely N-dealkylation sites (tertiary alicyclic amines) is 1. The Kier molecular flexibility index (Phi) is 5.91. The van der Waals surface area contributed by atoms with Gasteiger partial charge in [-0.15, -0.1) is 0 Å². The van der Waals surface area contributed by atoms with E-state index >= 15 is 0 Å². The molecule has 6 heteroatoms. The molecule has 3 heterocycles. The number of nitrogens with zero attached hydrogens (tertiary/aromatic N) is 3. The Bertz CT molecular complexity index is 783. The van der Waals surface area contributed by atoms with Crippen molar-refractivity contribution in [1.82, 2.24) is 19.6 Å². The van der Waals surface area contributed by atoms with E-state index < -0.39 is 0 Å². The van der Waals surface area contributed by atoms with Gasteiger partial charge in [0, 0.05) is 25.8 Å². The van der Waals surface area contributed by atoms with Crippen molar-refractivity contribution in [3.63, 3.8) is 0 Å². The molecule has 1 aliphatic heterocycles. The van der Waals surface area contributed by atoms with Crippen LogP contribution in [0.2, 0.25) is 0 Å². The smallest absolute Gasteiger partial charge is 0.290 e. The fraction of sp³-hybridized carbons (Fsp3) is 0.550. The van der Waals surface area contributed by atoms with E-state index in [0.717, 1.165) is 45.2 Å². The molecule has 0 spiro atoms. The molecule has 2 aromatic rings. The lowest BCUT2D eigenvalue weighted by Gasteiger charge is -2.30. The Morgan fingerprint density at radius 2 is 2.15 bits per heavy atom. The van der Waals surface area contributed by atoms with Crippen LogP contribution < -0.4 is 5.32 Å². The summed E-state index contributed by atoms with van der Waals surface area (Å²) in [5.74, 6) is 0.521. The highest BCUT2D eigenvalue weighted by Crippen LogP contribution is 2.20. The van der Waals surface area contributed by atoms with Crippen molar-refractivity contribution in [2.75, 3.05) is 19.6 Å². The normalized spacial score (nSPS) is 17.5.